The lowest BCUT2D eigenvalue weighted by molar-refractivity contribution is 0.156. The molecule has 1 aliphatic rings. The maximum absolute atomic E-state index is 6.00. The van der Waals surface area contributed by atoms with Crippen LogP contribution in [0.1, 0.15) is 31.7 Å². The normalized spacial score (nSPS) is 17.6. The SMILES string of the molecule is COc1ccc(Cl)cc1CNCC1(C)CCC1. The van der Waals surface area contributed by atoms with Gasteiger partial charge in [0.25, 0.3) is 0 Å². The molecule has 0 amide bonds. The second kappa shape index (κ2) is 5.28. The molecule has 0 heterocycles. The lowest BCUT2D eigenvalue weighted by atomic mass is 9.70. The zero-order chi connectivity index (χ0) is 12.3. The van der Waals surface area contributed by atoms with Gasteiger partial charge in [-0.25, -0.2) is 0 Å². The topological polar surface area (TPSA) is 21.3 Å². The largest absolute Gasteiger partial charge is 0.496 e. The smallest absolute Gasteiger partial charge is 0.123 e. The molecule has 0 saturated heterocycles. The number of nitrogens with one attached hydrogen (secondary N) is 1. The number of rotatable bonds is 5. The molecule has 0 aliphatic heterocycles. The maximum atomic E-state index is 6.00. The number of hydrogen-bond acceptors (Lipinski definition) is 2. The summed E-state index contributed by atoms with van der Waals surface area (Å²) >= 11 is 6.00. The first-order valence-electron chi connectivity index (χ1n) is 6.16. The van der Waals surface area contributed by atoms with Crippen molar-refractivity contribution in [1.82, 2.24) is 5.32 Å². The molecule has 1 aliphatic carbocycles. The Kier molecular flexibility index (Phi) is 3.95. The quantitative estimate of drug-likeness (QED) is 0.865. The van der Waals surface area contributed by atoms with Crippen molar-refractivity contribution < 1.29 is 4.74 Å². The van der Waals surface area contributed by atoms with Gasteiger partial charge in [0.2, 0.25) is 0 Å². The van der Waals surface area contributed by atoms with Gasteiger partial charge in [0.05, 0.1) is 7.11 Å². The van der Waals surface area contributed by atoms with Gasteiger partial charge in [-0.05, 0) is 36.5 Å². The highest BCUT2D eigenvalue weighted by molar-refractivity contribution is 6.30. The molecular formula is C14H20ClNO. The summed E-state index contributed by atoms with van der Waals surface area (Å²) in [5.41, 5.74) is 1.63. The minimum atomic E-state index is 0.506. The summed E-state index contributed by atoms with van der Waals surface area (Å²) < 4.78 is 5.32. The van der Waals surface area contributed by atoms with Crippen LogP contribution in [0.15, 0.2) is 18.2 Å². The molecule has 1 aromatic carbocycles. The fourth-order valence-corrected chi connectivity index (χ4v) is 2.54. The standard InChI is InChI=1S/C14H20ClNO/c1-14(6-3-7-14)10-16-9-11-8-12(15)4-5-13(11)17-2/h4-5,8,16H,3,6-7,9-10H2,1-2H3. The van der Waals surface area contributed by atoms with E-state index in [2.05, 4.69) is 12.2 Å². The summed E-state index contributed by atoms with van der Waals surface area (Å²) in [5, 5.41) is 4.27. The Morgan fingerprint density at radius 2 is 2.18 bits per heavy atom. The van der Waals surface area contributed by atoms with Gasteiger partial charge in [-0.3, -0.25) is 0 Å². The molecule has 2 nitrogen and oxygen atoms in total. The fraction of sp³-hybridized carbons (Fsp3) is 0.571. The van der Waals surface area contributed by atoms with Gasteiger partial charge in [-0.2, -0.15) is 0 Å². The highest BCUT2D eigenvalue weighted by Crippen LogP contribution is 2.39. The Balaban J connectivity index is 1.91. The van der Waals surface area contributed by atoms with Crippen LogP contribution in [0.25, 0.3) is 0 Å². The minimum Gasteiger partial charge on any atom is -0.496 e. The number of halogens is 1. The van der Waals surface area contributed by atoms with Crippen LogP contribution in [0.5, 0.6) is 5.75 Å². The summed E-state index contributed by atoms with van der Waals surface area (Å²) in [6, 6.07) is 5.75. The molecule has 1 N–H and O–H groups in total. The summed E-state index contributed by atoms with van der Waals surface area (Å²) in [7, 11) is 1.69. The van der Waals surface area contributed by atoms with Crippen LogP contribution in [0.4, 0.5) is 0 Å². The first-order valence-corrected chi connectivity index (χ1v) is 6.54. The maximum Gasteiger partial charge on any atom is 0.123 e. The lowest BCUT2D eigenvalue weighted by Gasteiger charge is -2.38. The third-order valence-corrected chi connectivity index (χ3v) is 3.91. The first kappa shape index (κ1) is 12.7. The number of ether oxygens (including phenoxy) is 1. The van der Waals surface area contributed by atoms with E-state index < -0.39 is 0 Å². The Labute approximate surface area is 108 Å². The van der Waals surface area contributed by atoms with Crippen molar-refractivity contribution >= 4 is 11.6 Å². The number of hydrogen-bond donors (Lipinski definition) is 1. The molecule has 0 unspecified atom stereocenters. The van der Waals surface area contributed by atoms with Crippen molar-refractivity contribution in [2.45, 2.75) is 32.7 Å². The predicted octanol–water partition coefficient (Wildman–Crippen LogP) is 3.63. The van der Waals surface area contributed by atoms with Crippen LogP contribution in [0.2, 0.25) is 5.02 Å². The molecule has 17 heavy (non-hydrogen) atoms. The molecule has 0 aromatic heterocycles. The Hall–Kier alpha value is -0.730. The van der Waals surface area contributed by atoms with Crippen LogP contribution in [0, 0.1) is 5.41 Å². The molecule has 0 bridgehead atoms. The second-order valence-corrected chi connectivity index (χ2v) is 5.66. The van der Waals surface area contributed by atoms with Crippen LogP contribution in [0.3, 0.4) is 0 Å². The molecule has 0 atom stereocenters. The molecule has 1 aromatic rings. The van der Waals surface area contributed by atoms with Crippen LogP contribution >= 0.6 is 11.6 Å². The van der Waals surface area contributed by atoms with Crippen molar-refractivity contribution in [3.8, 4) is 5.75 Å². The molecule has 0 radical (unpaired) electrons. The van der Waals surface area contributed by atoms with E-state index in [0.717, 1.165) is 29.4 Å². The molecule has 2 rings (SSSR count). The van der Waals surface area contributed by atoms with E-state index in [1.54, 1.807) is 7.11 Å². The monoisotopic (exact) mass is 253 g/mol. The van der Waals surface area contributed by atoms with Crippen molar-refractivity contribution in [2.75, 3.05) is 13.7 Å². The number of methoxy groups -OCH3 is 1. The van der Waals surface area contributed by atoms with Gasteiger partial charge >= 0.3 is 0 Å². The van der Waals surface area contributed by atoms with Gasteiger partial charge < -0.3 is 10.1 Å². The fourth-order valence-electron chi connectivity index (χ4n) is 2.34. The van der Waals surface area contributed by atoms with Gasteiger partial charge in [0.15, 0.2) is 0 Å². The molecule has 0 spiro atoms. The summed E-state index contributed by atoms with van der Waals surface area (Å²) in [5.74, 6) is 0.903. The number of benzene rings is 1. The van der Waals surface area contributed by atoms with Gasteiger partial charge in [0.1, 0.15) is 5.75 Å². The zero-order valence-corrected chi connectivity index (χ0v) is 11.3. The molecule has 3 heteroatoms. The third-order valence-electron chi connectivity index (χ3n) is 3.67. The van der Waals surface area contributed by atoms with Gasteiger partial charge in [0, 0.05) is 23.7 Å². The predicted molar refractivity (Wildman–Crippen MR) is 71.7 cm³/mol. The highest BCUT2D eigenvalue weighted by atomic mass is 35.5. The second-order valence-electron chi connectivity index (χ2n) is 5.22. The first-order chi connectivity index (χ1) is 8.13. The molecule has 1 fully saturated rings. The average molecular weight is 254 g/mol. The van der Waals surface area contributed by atoms with E-state index in [1.807, 2.05) is 18.2 Å². The summed E-state index contributed by atoms with van der Waals surface area (Å²) in [6.07, 6.45) is 4.05. The Bertz CT molecular complexity index is 388. The van der Waals surface area contributed by atoms with E-state index in [-0.39, 0.29) is 0 Å². The molecule has 94 valence electrons. The Morgan fingerprint density at radius 3 is 2.76 bits per heavy atom. The zero-order valence-electron chi connectivity index (χ0n) is 10.6. The van der Waals surface area contributed by atoms with E-state index >= 15 is 0 Å². The van der Waals surface area contributed by atoms with Gasteiger partial charge in [-0.1, -0.05) is 24.9 Å². The van der Waals surface area contributed by atoms with Crippen molar-refractivity contribution in [3.05, 3.63) is 28.8 Å². The van der Waals surface area contributed by atoms with E-state index in [1.165, 1.54) is 19.3 Å². The summed E-state index contributed by atoms with van der Waals surface area (Å²) in [6.45, 7) is 4.24. The van der Waals surface area contributed by atoms with Gasteiger partial charge in [-0.15, -0.1) is 0 Å². The van der Waals surface area contributed by atoms with Crippen molar-refractivity contribution in [1.29, 1.82) is 0 Å². The van der Waals surface area contributed by atoms with Crippen LogP contribution in [-0.4, -0.2) is 13.7 Å². The highest BCUT2D eigenvalue weighted by Gasteiger charge is 2.30. The van der Waals surface area contributed by atoms with Crippen LogP contribution < -0.4 is 10.1 Å². The van der Waals surface area contributed by atoms with E-state index in [0.29, 0.717) is 5.41 Å². The molecule has 1 saturated carbocycles. The molecular weight excluding hydrogens is 234 g/mol. The third kappa shape index (κ3) is 3.14. The lowest BCUT2D eigenvalue weighted by Crippen LogP contribution is -2.37. The van der Waals surface area contributed by atoms with Crippen molar-refractivity contribution in [2.24, 2.45) is 5.41 Å². The minimum absolute atomic E-state index is 0.506. The average Bonchev–Trinajstić information content (AvgIpc) is 2.27. The Morgan fingerprint density at radius 1 is 1.41 bits per heavy atom. The van der Waals surface area contributed by atoms with E-state index in [4.69, 9.17) is 16.3 Å². The van der Waals surface area contributed by atoms with Crippen LogP contribution in [-0.2, 0) is 6.54 Å². The van der Waals surface area contributed by atoms with E-state index in [9.17, 15) is 0 Å². The summed E-state index contributed by atoms with van der Waals surface area (Å²) in [4.78, 5) is 0. The van der Waals surface area contributed by atoms with Crippen molar-refractivity contribution in [3.63, 3.8) is 0 Å².